The van der Waals surface area contributed by atoms with Gasteiger partial charge in [-0.3, -0.25) is 14.5 Å². The normalized spacial score (nSPS) is 10.6. The van der Waals surface area contributed by atoms with Crippen LogP contribution in [-0.4, -0.2) is 16.8 Å². The number of rotatable bonds is 6. The van der Waals surface area contributed by atoms with Crippen molar-refractivity contribution in [1.29, 1.82) is 0 Å². The lowest BCUT2D eigenvalue weighted by atomic mass is 10.1. The van der Waals surface area contributed by atoms with Crippen LogP contribution in [0.1, 0.15) is 34.1 Å². The first kappa shape index (κ1) is 20.8. The van der Waals surface area contributed by atoms with Gasteiger partial charge in [0.15, 0.2) is 5.13 Å². The van der Waals surface area contributed by atoms with Crippen LogP contribution in [0.2, 0.25) is 5.02 Å². The molecule has 0 saturated carbocycles. The van der Waals surface area contributed by atoms with Crippen LogP contribution in [0.4, 0.5) is 10.8 Å². The third kappa shape index (κ3) is 4.58. The third-order valence-electron chi connectivity index (χ3n) is 4.45. The molecule has 0 saturated heterocycles. The molecule has 6 nitrogen and oxygen atoms in total. The van der Waals surface area contributed by atoms with Crippen LogP contribution in [0.3, 0.4) is 0 Å². The maximum absolute atomic E-state index is 12.3. The quantitative estimate of drug-likeness (QED) is 0.611. The van der Waals surface area contributed by atoms with Crippen molar-refractivity contribution in [2.45, 2.75) is 27.4 Å². The maximum Gasteiger partial charge on any atom is 0.252 e. The molecule has 0 radical (unpaired) electrons. The zero-order chi connectivity index (χ0) is 21.1. The number of nitrogens with zero attached hydrogens (tertiary/aromatic N) is 2. The summed E-state index contributed by atoms with van der Waals surface area (Å²) in [4.78, 5) is 30.1. The second-order valence-corrected chi connectivity index (χ2v) is 7.76. The zero-order valence-corrected chi connectivity index (χ0v) is 17.8. The summed E-state index contributed by atoms with van der Waals surface area (Å²) in [6.45, 7) is 5.61. The van der Waals surface area contributed by atoms with Gasteiger partial charge in [0.05, 0.1) is 16.9 Å². The molecule has 0 unspecified atom stereocenters. The van der Waals surface area contributed by atoms with Gasteiger partial charge in [0, 0.05) is 17.3 Å². The molecule has 0 fully saturated rings. The van der Waals surface area contributed by atoms with E-state index in [1.165, 1.54) is 24.3 Å². The second-order valence-electron chi connectivity index (χ2n) is 6.49. The van der Waals surface area contributed by atoms with E-state index < -0.39 is 5.91 Å². The average molecular weight is 430 g/mol. The molecule has 0 aliphatic carbocycles. The van der Waals surface area contributed by atoms with Crippen molar-refractivity contribution in [3.05, 3.63) is 69.2 Å². The molecular weight excluding hydrogens is 410 g/mol. The number of aryl methyl sites for hydroxylation is 1. The molecule has 3 aromatic rings. The standard InChI is InChI=1S/C21H20ClN3O3S/c1-12-5-4-6-18(13(12)2)25(14(3)26)21-24-16(11-29-21)10-28-19-8-7-15(22)9-17(19)20(23)27/h4-9,11H,10H2,1-3H3,(H2,23,27). The molecule has 1 heterocycles. The molecule has 0 bridgehead atoms. The van der Waals surface area contributed by atoms with Gasteiger partial charge in [-0.15, -0.1) is 11.3 Å². The molecule has 1 aromatic heterocycles. The predicted octanol–water partition coefficient (Wildman–Crippen LogP) is 4.78. The van der Waals surface area contributed by atoms with Gasteiger partial charge >= 0.3 is 0 Å². The number of hydrogen-bond acceptors (Lipinski definition) is 5. The predicted molar refractivity (Wildman–Crippen MR) is 115 cm³/mol. The minimum absolute atomic E-state index is 0.122. The van der Waals surface area contributed by atoms with Gasteiger partial charge in [-0.2, -0.15) is 0 Å². The molecule has 150 valence electrons. The summed E-state index contributed by atoms with van der Waals surface area (Å²) in [5.74, 6) is -0.428. The van der Waals surface area contributed by atoms with E-state index in [1.54, 1.807) is 17.0 Å². The number of benzene rings is 2. The van der Waals surface area contributed by atoms with E-state index >= 15 is 0 Å². The lowest BCUT2D eigenvalue weighted by molar-refractivity contribution is -0.115. The second kappa shape index (κ2) is 8.63. The number of carbonyl (C=O) groups is 2. The number of nitrogens with two attached hydrogens (primary N) is 1. The van der Waals surface area contributed by atoms with E-state index in [0.29, 0.717) is 21.6 Å². The molecule has 29 heavy (non-hydrogen) atoms. The first-order valence-corrected chi connectivity index (χ1v) is 10.1. The van der Waals surface area contributed by atoms with Crippen LogP contribution in [0.25, 0.3) is 0 Å². The summed E-state index contributed by atoms with van der Waals surface area (Å²) >= 11 is 7.26. The lowest BCUT2D eigenvalue weighted by Crippen LogP contribution is -2.23. The molecular formula is C21H20ClN3O3S. The molecule has 8 heteroatoms. The Morgan fingerprint density at radius 2 is 2.00 bits per heavy atom. The Morgan fingerprint density at radius 1 is 1.24 bits per heavy atom. The van der Waals surface area contributed by atoms with Crippen molar-refractivity contribution in [2.24, 2.45) is 5.73 Å². The highest BCUT2D eigenvalue weighted by Gasteiger charge is 2.20. The first-order valence-electron chi connectivity index (χ1n) is 8.81. The molecule has 0 atom stereocenters. The fourth-order valence-corrected chi connectivity index (χ4v) is 3.86. The smallest absolute Gasteiger partial charge is 0.252 e. The Kier molecular flexibility index (Phi) is 6.20. The van der Waals surface area contributed by atoms with Crippen molar-refractivity contribution in [3.8, 4) is 5.75 Å². The number of primary amides is 1. The van der Waals surface area contributed by atoms with E-state index in [2.05, 4.69) is 4.98 Å². The van der Waals surface area contributed by atoms with Gasteiger partial charge in [0.2, 0.25) is 5.91 Å². The van der Waals surface area contributed by atoms with E-state index in [0.717, 1.165) is 16.8 Å². The van der Waals surface area contributed by atoms with Gasteiger partial charge in [0.25, 0.3) is 5.91 Å². The van der Waals surface area contributed by atoms with Crippen molar-refractivity contribution < 1.29 is 14.3 Å². The molecule has 0 spiro atoms. The highest BCUT2D eigenvalue weighted by molar-refractivity contribution is 7.14. The fraction of sp³-hybridized carbons (Fsp3) is 0.190. The Hall–Kier alpha value is -2.90. The van der Waals surface area contributed by atoms with Crippen LogP contribution in [0.15, 0.2) is 41.8 Å². The number of carbonyl (C=O) groups excluding carboxylic acids is 2. The highest BCUT2D eigenvalue weighted by atomic mass is 35.5. The summed E-state index contributed by atoms with van der Waals surface area (Å²) in [6, 6.07) is 10.5. The number of amides is 2. The van der Waals surface area contributed by atoms with Crippen molar-refractivity contribution in [1.82, 2.24) is 4.98 Å². The Morgan fingerprint density at radius 3 is 2.69 bits per heavy atom. The van der Waals surface area contributed by atoms with Crippen LogP contribution in [0.5, 0.6) is 5.75 Å². The molecule has 0 aliphatic rings. The van der Waals surface area contributed by atoms with Gasteiger partial charge in [-0.25, -0.2) is 4.98 Å². The van der Waals surface area contributed by atoms with Crippen molar-refractivity contribution in [2.75, 3.05) is 4.90 Å². The molecule has 2 N–H and O–H groups in total. The third-order valence-corrected chi connectivity index (χ3v) is 5.56. The largest absolute Gasteiger partial charge is 0.486 e. The van der Waals surface area contributed by atoms with Crippen LogP contribution in [0, 0.1) is 13.8 Å². The summed E-state index contributed by atoms with van der Waals surface area (Å²) in [5.41, 5.74) is 9.13. The van der Waals surface area contributed by atoms with Gasteiger partial charge < -0.3 is 10.5 Å². The molecule has 0 aliphatic heterocycles. The first-order chi connectivity index (χ1) is 13.8. The molecule has 3 rings (SSSR count). The van der Waals surface area contributed by atoms with Gasteiger partial charge in [-0.1, -0.05) is 23.7 Å². The number of thiazole rings is 1. The van der Waals surface area contributed by atoms with Crippen LogP contribution >= 0.6 is 22.9 Å². The topological polar surface area (TPSA) is 85.5 Å². The number of hydrogen-bond donors (Lipinski definition) is 1. The summed E-state index contributed by atoms with van der Waals surface area (Å²) in [5, 5.41) is 2.76. The minimum Gasteiger partial charge on any atom is -0.486 e. The SMILES string of the molecule is CC(=O)N(c1nc(COc2ccc(Cl)cc2C(N)=O)cs1)c1cccc(C)c1C. The minimum atomic E-state index is -0.626. The van der Waals surface area contributed by atoms with E-state index in [9.17, 15) is 9.59 Å². The number of anilines is 2. The number of aromatic nitrogens is 1. The van der Waals surface area contributed by atoms with E-state index in [1.807, 2.05) is 37.4 Å². The van der Waals surface area contributed by atoms with E-state index in [4.69, 9.17) is 22.1 Å². The van der Waals surface area contributed by atoms with Crippen LogP contribution in [-0.2, 0) is 11.4 Å². The Labute approximate surface area is 177 Å². The van der Waals surface area contributed by atoms with Crippen molar-refractivity contribution in [3.63, 3.8) is 0 Å². The average Bonchev–Trinajstić information content (AvgIpc) is 3.12. The van der Waals surface area contributed by atoms with Crippen LogP contribution < -0.4 is 15.4 Å². The van der Waals surface area contributed by atoms with Gasteiger partial charge in [-0.05, 0) is 49.2 Å². The lowest BCUT2D eigenvalue weighted by Gasteiger charge is -2.21. The fourth-order valence-electron chi connectivity index (χ4n) is 2.82. The number of halogens is 1. The van der Waals surface area contributed by atoms with Crippen molar-refractivity contribution >= 4 is 45.6 Å². The Bertz CT molecular complexity index is 1080. The molecule has 2 aromatic carbocycles. The summed E-state index contributed by atoms with van der Waals surface area (Å²) in [6.07, 6.45) is 0. The Balaban J connectivity index is 1.84. The molecule has 2 amide bonds. The summed E-state index contributed by atoms with van der Waals surface area (Å²) in [7, 11) is 0. The van der Waals surface area contributed by atoms with Gasteiger partial charge in [0.1, 0.15) is 12.4 Å². The van der Waals surface area contributed by atoms with E-state index in [-0.39, 0.29) is 18.1 Å². The maximum atomic E-state index is 12.3. The zero-order valence-electron chi connectivity index (χ0n) is 16.2. The number of ether oxygens (including phenoxy) is 1. The highest BCUT2D eigenvalue weighted by Crippen LogP contribution is 2.33. The summed E-state index contributed by atoms with van der Waals surface area (Å²) < 4.78 is 5.72. The monoisotopic (exact) mass is 429 g/mol.